The SMILES string of the molecule is CCCCCCCCC/C=C\CCCCCCCC(=O)OCCCCCCCCCOC=O. The highest BCUT2D eigenvalue weighted by Crippen LogP contribution is 2.11. The molecule has 4 heteroatoms. The maximum atomic E-state index is 11.8. The van der Waals surface area contributed by atoms with Crippen LogP contribution >= 0.6 is 0 Å². The summed E-state index contributed by atoms with van der Waals surface area (Å²) in [5.41, 5.74) is 0. The molecule has 0 saturated carbocycles. The van der Waals surface area contributed by atoms with E-state index in [9.17, 15) is 9.59 Å². The van der Waals surface area contributed by atoms with Crippen molar-refractivity contribution in [2.45, 2.75) is 148 Å². The molecule has 33 heavy (non-hydrogen) atoms. The van der Waals surface area contributed by atoms with Crippen LogP contribution in [-0.4, -0.2) is 25.7 Å². The molecule has 0 amide bonds. The largest absolute Gasteiger partial charge is 0.468 e. The van der Waals surface area contributed by atoms with E-state index in [1.807, 2.05) is 0 Å². The molecule has 0 radical (unpaired) electrons. The topological polar surface area (TPSA) is 52.6 Å². The molecule has 0 aromatic heterocycles. The lowest BCUT2D eigenvalue weighted by Gasteiger charge is -2.05. The minimum absolute atomic E-state index is 0.0292. The van der Waals surface area contributed by atoms with E-state index in [0.29, 0.717) is 26.1 Å². The first-order valence-corrected chi connectivity index (χ1v) is 14.2. The third kappa shape index (κ3) is 28.6. The quantitative estimate of drug-likeness (QED) is 0.0525. The molecule has 0 N–H and O–H groups in total. The van der Waals surface area contributed by atoms with Crippen molar-refractivity contribution in [1.82, 2.24) is 0 Å². The maximum absolute atomic E-state index is 11.8. The van der Waals surface area contributed by atoms with Gasteiger partial charge in [-0.2, -0.15) is 0 Å². The molecule has 0 aliphatic carbocycles. The second kappa shape index (κ2) is 28.7. The van der Waals surface area contributed by atoms with Crippen LogP contribution in [-0.2, 0) is 19.1 Å². The summed E-state index contributed by atoms with van der Waals surface area (Å²) in [4.78, 5) is 21.8. The van der Waals surface area contributed by atoms with Gasteiger partial charge in [-0.05, 0) is 44.9 Å². The lowest BCUT2D eigenvalue weighted by molar-refractivity contribution is -0.143. The number of allylic oxidation sites excluding steroid dienone is 2. The maximum Gasteiger partial charge on any atom is 0.305 e. The Kier molecular flexibility index (Phi) is 27.6. The predicted octanol–water partition coefficient (Wildman–Crippen LogP) is 8.86. The first-order valence-electron chi connectivity index (χ1n) is 14.2. The Morgan fingerprint density at radius 2 is 1.03 bits per heavy atom. The molecule has 0 aliphatic heterocycles. The van der Waals surface area contributed by atoms with Crippen molar-refractivity contribution in [3.05, 3.63) is 12.2 Å². The highest BCUT2D eigenvalue weighted by Gasteiger charge is 2.02. The van der Waals surface area contributed by atoms with Gasteiger partial charge in [0, 0.05) is 6.42 Å². The molecule has 0 aromatic rings. The zero-order chi connectivity index (χ0) is 24.1. The summed E-state index contributed by atoms with van der Waals surface area (Å²) >= 11 is 0. The van der Waals surface area contributed by atoms with Crippen molar-refractivity contribution < 1.29 is 19.1 Å². The molecular formula is C29H54O4. The molecule has 0 atom stereocenters. The normalized spacial score (nSPS) is 11.2. The Morgan fingerprint density at radius 1 is 0.576 bits per heavy atom. The van der Waals surface area contributed by atoms with Gasteiger partial charge in [-0.3, -0.25) is 9.59 Å². The first-order chi connectivity index (χ1) is 16.3. The summed E-state index contributed by atoms with van der Waals surface area (Å²) in [5.74, 6) is -0.0292. The second-order valence-electron chi connectivity index (χ2n) is 9.35. The average molecular weight is 467 g/mol. The summed E-state index contributed by atoms with van der Waals surface area (Å²) in [5, 5.41) is 0. The zero-order valence-corrected chi connectivity index (χ0v) is 21.8. The van der Waals surface area contributed by atoms with Gasteiger partial charge in [0.15, 0.2) is 0 Å². The van der Waals surface area contributed by atoms with Crippen molar-refractivity contribution in [3.8, 4) is 0 Å². The standard InChI is InChI=1S/C29H54O4/c1-2-3-4-5-6-7-8-9-10-11-12-13-14-16-19-22-25-29(31)33-27-24-21-18-15-17-20-23-26-32-28-30/h10-11,28H,2-9,12-27H2,1H3/b11-10-. The molecule has 0 spiro atoms. The fourth-order valence-electron chi connectivity index (χ4n) is 3.99. The molecule has 0 bridgehead atoms. The van der Waals surface area contributed by atoms with E-state index in [1.165, 1.54) is 96.3 Å². The van der Waals surface area contributed by atoms with Crippen LogP contribution < -0.4 is 0 Å². The minimum Gasteiger partial charge on any atom is -0.468 e. The monoisotopic (exact) mass is 466 g/mol. The Balaban J connectivity index is 3.20. The molecule has 0 rings (SSSR count). The van der Waals surface area contributed by atoms with Crippen LogP contribution in [0.5, 0.6) is 0 Å². The van der Waals surface area contributed by atoms with Gasteiger partial charge in [0.2, 0.25) is 0 Å². The average Bonchev–Trinajstić information content (AvgIpc) is 2.82. The molecule has 0 aliphatic rings. The fourth-order valence-corrected chi connectivity index (χ4v) is 3.99. The zero-order valence-electron chi connectivity index (χ0n) is 21.8. The Labute approximate surface area is 205 Å². The summed E-state index contributed by atoms with van der Waals surface area (Å²) in [6, 6.07) is 0. The number of carbonyl (C=O) groups is 2. The number of unbranched alkanes of at least 4 members (excludes halogenated alkanes) is 18. The summed E-state index contributed by atoms with van der Waals surface area (Å²) in [6.45, 7) is 3.89. The van der Waals surface area contributed by atoms with E-state index < -0.39 is 0 Å². The number of hydrogen-bond acceptors (Lipinski definition) is 4. The van der Waals surface area contributed by atoms with Gasteiger partial charge in [-0.1, -0.05) is 109 Å². The molecule has 4 nitrogen and oxygen atoms in total. The Bertz CT molecular complexity index is 433. The van der Waals surface area contributed by atoms with Gasteiger partial charge in [0.1, 0.15) is 0 Å². The van der Waals surface area contributed by atoms with Crippen LogP contribution in [0.15, 0.2) is 12.2 Å². The van der Waals surface area contributed by atoms with Crippen LogP contribution in [0.3, 0.4) is 0 Å². The fraction of sp³-hybridized carbons (Fsp3) is 0.862. The van der Waals surface area contributed by atoms with E-state index in [1.54, 1.807) is 0 Å². The highest BCUT2D eigenvalue weighted by atomic mass is 16.5. The molecule has 0 fully saturated rings. The van der Waals surface area contributed by atoms with Gasteiger partial charge in [0.25, 0.3) is 6.47 Å². The third-order valence-electron chi connectivity index (χ3n) is 6.13. The molecule has 194 valence electrons. The van der Waals surface area contributed by atoms with Gasteiger partial charge < -0.3 is 9.47 Å². The van der Waals surface area contributed by atoms with Crippen LogP contribution in [0.2, 0.25) is 0 Å². The molecule has 0 heterocycles. The first kappa shape index (κ1) is 31.7. The lowest BCUT2D eigenvalue weighted by Crippen LogP contribution is -2.05. The van der Waals surface area contributed by atoms with E-state index in [-0.39, 0.29) is 5.97 Å². The van der Waals surface area contributed by atoms with Gasteiger partial charge in [0.05, 0.1) is 13.2 Å². The van der Waals surface area contributed by atoms with Crippen molar-refractivity contribution in [2.75, 3.05) is 13.2 Å². The third-order valence-corrected chi connectivity index (χ3v) is 6.13. The van der Waals surface area contributed by atoms with Crippen molar-refractivity contribution in [3.63, 3.8) is 0 Å². The van der Waals surface area contributed by atoms with E-state index in [0.717, 1.165) is 38.5 Å². The van der Waals surface area contributed by atoms with Crippen LogP contribution in [0.1, 0.15) is 148 Å². The molecule has 0 aromatic carbocycles. The van der Waals surface area contributed by atoms with Crippen molar-refractivity contribution in [1.29, 1.82) is 0 Å². The van der Waals surface area contributed by atoms with Crippen LogP contribution in [0.25, 0.3) is 0 Å². The van der Waals surface area contributed by atoms with E-state index in [2.05, 4.69) is 23.8 Å². The van der Waals surface area contributed by atoms with E-state index in [4.69, 9.17) is 4.74 Å². The lowest BCUT2D eigenvalue weighted by atomic mass is 10.1. The number of rotatable bonds is 27. The summed E-state index contributed by atoms with van der Waals surface area (Å²) in [7, 11) is 0. The molecule has 0 unspecified atom stereocenters. The van der Waals surface area contributed by atoms with Crippen LogP contribution in [0.4, 0.5) is 0 Å². The number of carbonyl (C=O) groups excluding carboxylic acids is 2. The molecular weight excluding hydrogens is 412 g/mol. The smallest absolute Gasteiger partial charge is 0.305 e. The van der Waals surface area contributed by atoms with Crippen molar-refractivity contribution in [2.24, 2.45) is 0 Å². The van der Waals surface area contributed by atoms with Crippen molar-refractivity contribution >= 4 is 12.4 Å². The van der Waals surface area contributed by atoms with Crippen LogP contribution in [0, 0.1) is 0 Å². The Morgan fingerprint density at radius 3 is 1.58 bits per heavy atom. The van der Waals surface area contributed by atoms with Gasteiger partial charge in [-0.25, -0.2) is 0 Å². The number of ether oxygens (including phenoxy) is 2. The predicted molar refractivity (Wildman–Crippen MR) is 139 cm³/mol. The highest BCUT2D eigenvalue weighted by molar-refractivity contribution is 5.69. The van der Waals surface area contributed by atoms with Gasteiger partial charge >= 0.3 is 5.97 Å². The summed E-state index contributed by atoms with van der Waals surface area (Å²) in [6.07, 6.45) is 31.0. The number of esters is 1. The number of hydrogen-bond donors (Lipinski definition) is 0. The van der Waals surface area contributed by atoms with E-state index >= 15 is 0 Å². The van der Waals surface area contributed by atoms with Gasteiger partial charge in [-0.15, -0.1) is 0 Å². The minimum atomic E-state index is -0.0292. The second-order valence-corrected chi connectivity index (χ2v) is 9.35. The Hall–Kier alpha value is -1.32. The summed E-state index contributed by atoms with van der Waals surface area (Å²) < 4.78 is 10.0. The molecule has 0 saturated heterocycles.